The summed E-state index contributed by atoms with van der Waals surface area (Å²) < 4.78 is 6.22. The minimum absolute atomic E-state index is 0.542. The second-order valence-electron chi connectivity index (χ2n) is 9.08. The third-order valence-electron chi connectivity index (χ3n) is 6.11. The van der Waals surface area contributed by atoms with Crippen LogP contribution < -0.4 is 0 Å². The predicted molar refractivity (Wildman–Crippen MR) is 128 cm³/mol. The molecule has 0 aliphatic rings. The second-order valence-corrected chi connectivity index (χ2v) is 9.08. The van der Waals surface area contributed by atoms with Gasteiger partial charge in [0.2, 0.25) is 0 Å². The molecule has 0 radical (unpaired) electrons. The van der Waals surface area contributed by atoms with Crippen molar-refractivity contribution >= 4 is 0 Å². The summed E-state index contributed by atoms with van der Waals surface area (Å²) in [5.74, 6) is 0. The Morgan fingerprint density at radius 1 is 0.393 bits per heavy atom. The molecular formula is C27H56O. The van der Waals surface area contributed by atoms with Gasteiger partial charge in [0.15, 0.2) is 0 Å². The maximum atomic E-state index is 6.22. The highest BCUT2D eigenvalue weighted by atomic mass is 16.5. The maximum absolute atomic E-state index is 6.22. The van der Waals surface area contributed by atoms with Crippen LogP contribution in [0.5, 0.6) is 0 Å². The van der Waals surface area contributed by atoms with E-state index in [0.717, 1.165) is 6.61 Å². The lowest BCUT2D eigenvalue weighted by Gasteiger charge is -2.18. The van der Waals surface area contributed by atoms with Gasteiger partial charge in [-0.05, 0) is 19.3 Å². The van der Waals surface area contributed by atoms with Gasteiger partial charge in [-0.1, -0.05) is 143 Å². The summed E-state index contributed by atoms with van der Waals surface area (Å²) in [5, 5.41) is 0. The number of hydrogen-bond donors (Lipinski definition) is 0. The summed E-state index contributed by atoms with van der Waals surface area (Å²) in [6.07, 6.45) is 31.3. The van der Waals surface area contributed by atoms with E-state index < -0.39 is 0 Å². The highest BCUT2D eigenvalue weighted by Crippen LogP contribution is 2.18. The largest absolute Gasteiger partial charge is 0.378 e. The van der Waals surface area contributed by atoms with Gasteiger partial charge in [-0.25, -0.2) is 0 Å². The fraction of sp³-hybridized carbons (Fsp3) is 1.00. The van der Waals surface area contributed by atoms with Crippen LogP contribution in [0.4, 0.5) is 0 Å². The van der Waals surface area contributed by atoms with Gasteiger partial charge in [0, 0.05) is 6.61 Å². The van der Waals surface area contributed by atoms with E-state index in [1.54, 1.807) is 0 Å². The fourth-order valence-electron chi connectivity index (χ4n) is 4.07. The van der Waals surface area contributed by atoms with Gasteiger partial charge in [0.05, 0.1) is 6.10 Å². The molecule has 0 heterocycles. The van der Waals surface area contributed by atoms with Gasteiger partial charge in [-0.2, -0.15) is 0 Å². The molecule has 1 nitrogen and oxygen atoms in total. The summed E-state index contributed by atoms with van der Waals surface area (Å²) in [6.45, 7) is 7.84. The molecule has 0 bridgehead atoms. The molecule has 0 spiro atoms. The summed E-state index contributed by atoms with van der Waals surface area (Å²) in [4.78, 5) is 0. The van der Waals surface area contributed by atoms with Crippen molar-refractivity contribution in [1.29, 1.82) is 0 Å². The van der Waals surface area contributed by atoms with E-state index in [2.05, 4.69) is 20.8 Å². The first-order valence-corrected chi connectivity index (χ1v) is 13.5. The van der Waals surface area contributed by atoms with E-state index in [4.69, 9.17) is 4.74 Å². The SMILES string of the molecule is CCCCCCCCCCCCCC(CCCCCCCCC)OCCCC. The standard InChI is InChI=1S/C27H56O/c1-4-7-10-12-14-15-16-17-19-21-23-25-27(28-26-9-6-3)24-22-20-18-13-11-8-5-2/h27H,4-26H2,1-3H3. The van der Waals surface area contributed by atoms with Gasteiger partial charge in [-0.3, -0.25) is 0 Å². The normalized spacial score (nSPS) is 12.5. The van der Waals surface area contributed by atoms with Crippen molar-refractivity contribution in [3.05, 3.63) is 0 Å². The lowest BCUT2D eigenvalue weighted by atomic mass is 10.0. The maximum Gasteiger partial charge on any atom is 0.0575 e. The molecule has 0 N–H and O–H groups in total. The van der Waals surface area contributed by atoms with Crippen LogP contribution in [0.15, 0.2) is 0 Å². The molecule has 1 heteroatoms. The summed E-state index contributed by atoms with van der Waals surface area (Å²) >= 11 is 0. The number of ether oxygens (including phenoxy) is 1. The highest BCUT2D eigenvalue weighted by Gasteiger charge is 2.08. The first kappa shape index (κ1) is 28.0. The Morgan fingerprint density at radius 3 is 1.07 bits per heavy atom. The Balaban J connectivity index is 3.59. The van der Waals surface area contributed by atoms with Gasteiger partial charge in [0.1, 0.15) is 0 Å². The van der Waals surface area contributed by atoms with Crippen LogP contribution in [-0.2, 0) is 4.74 Å². The zero-order valence-electron chi connectivity index (χ0n) is 20.2. The van der Waals surface area contributed by atoms with Gasteiger partial charge < -0.3 is 4.74 Å². The molecule has 0 rings (SSSR count). The molecule has 0 saturated heterocycles. The third-order valence-corrected chi connectivity index (χ3v) is 6.11. The zero-order chi connectivity index (χ0) is 20.5. The molecular weight excluding hydrogens is 340 g/mol. The summed E-state index contributed by atoms with van der Waals surface area (Å²) in [6, 6.07) is 0. The number of rotatable bonds is 24. The molecule has 1 unspecified atom stereocenters. The minimum atomic E-state index is 0.542. The summed E-state index contributed by atoms with van der Waals surface area (Å²) in [5.41, 5.74) is 0. The Labute approximate surface area is 179 Å². The molecule has 0 aromatic rings. The Hall–Kier alpha value is -0.0400. The lowest BCUT2D eigenvalue weighted by Crippen LogP contribution is -2.14. The van der Waals surface area contributed by atoms with Crippen LogP contribution in [0, 0.1) is 0 Å². The van der Waals surface area contributed by atoms with Gasteiger partial charge in [-0.15, -0.1) is 0 Å². The van der Waals surface area contributed by atoms with Crippen LogP contribution in [-0.4, -0.2) is 12.7 Å². The Morgan fingerprint density at radius 2 is 0.714 bits per heavy atom. The third kappa shape index (κ3) is 22.3. The predicted octanol–water partition coefficient (Wildman–Crippen LogP) is 10.0. The van der Waals surface area contributed by atoms with Crippen molar-refractivity contribution < 1.29 is 4.74 Å². The lowest BCUT2D eigenvalue weighted by molar-refractivity contribution is 0.0364. The molecule has 0 aliphatic carbocycles. The molecule has 1 atom stereocenters. The molecule has 170 valence electrons. The van der Waals surface area contributed by atoms with E-state index in [-0.39, 0.29) is 0 Å². The molecule has 0 fully saturated rings. The van der Waals surface area contributed by atoms with Crippen LogP contribution in [0.3, 0.4) is 0 Å². The van der Waals surface area contributed by atoms with Crippen LogP contribution in [0.1, 0.15) is 162 Å². The van der Waals surface area contributed by atoms with Crippen molar-refractivity contribution in [3.8, 4) is 0 Å². The average Bonchev–Trinajstić information content (AvgIpc) is 2.71. The summed E-state index contributed by atoms with van der Waals surface area (Å²) in [7, 11) is 0. The van der Waals surface area contributed by atoms with Crippen molar-refractivity contribution in [1.82, 2.24) is 0 Å². The topological polar surface area (TPSA) is 9.23 Å². The highest BCUT2D eigenvalue weighted by molar-refractivity contribution is 4.61. The van der Waals surface area contributed by atoms with Crippen LogP contribution in [0.25, 0.3) is 0 Å². The Bertz CT molecular complexity index is 263. The van der Waals surface area contributed by atoms with Crippen molar-refractivity contribution in [3.63, 3.8) is 0 Å². The number of unbranched alkanes of at least 4 members (excludes halogenated alkanes) is 17. The van der Waals surface area contributed by atoms with E-state index in [1.807, 2.05) is 0 Å². The van der Waals surface area contributed by atoms with Gasteiger partial charge >= 0.3 is 0 Å². The smallest absolute Gasteiger partial charge is 0.0575 e. The van der Waals surface area contributed by atoms with Crippen LogP contribution >= 0.6 is 0 Å². The molecule has 0 aliphatic heterocycles. The van der Waals surface area contributed by atoms with E-state index in [1.165, 1.54) is 141 Å². The Kier molecular flexibility index (Phi) is 25.0. The zero-order valence-corrected chi connectivity index (χ0v) is 20.2. The monoisotopic (exact) mass is 396 g/mol. The van der Waals surface area contributed by atoms with Crippen molar-refractivity contribution in [2.75, 3.05) is 6.61 Å². The van der Waals surface area contributed by atoms with Crippen LogP contribution in [0.2, 0.25) is 0 Å². The average molecular weight is 397 g/mol. The molecule has 28 heavy (non-hydrogen) atoms. The first-order valence-electron chi connectivity index (χ1n) is 13.5. The van der Waals surface area contributed by atoms with E-state index in [9.17, 15) is 0 Å². The van der Waals surface area contributed by atoms with Crippen molar-refractivity contribution in [2.45, 2.75) is 168 Å². The first-order chi connectivity index (χ1) is 13.8. The molecule has 0 saturated carbocycles. The fourth-order valence-corrected chi connectivity index (χ4v) is 4.07. The minimum Gasteiger partial charge on any atom is -0.378 e. The quantitative estimate of drug-likeness (QED) is 0.147. The second kappa shape index (κ2) is 25.0. The number of hydrogen-bond acceptors (Lipinski definition) is 1. The van der Waals surface area contributed by atoms with Crippen molar-refractivity contribution in [2.24, 2.45) is 0 Å². The van der Waals surface area contributed by atoms with E-state index >= 15 is 0 Å². The molecule has 0 aromatic heterocycles. The van der Waals surface area contributed by atoms with Gasteiger partial charge in [0.25, 0.3) is 0 Å². The molecule has 0 aromatic carbocycles. The van der Waals surface area contributed by atoms with E-state index in [0.29, 0.717) is 6.10 Å². The molecule has 0 amide bonds.